The smallest absolute Gasteiger partial charge is 0.238 e. The fraction of sp³-hybridized carbons (Fsp3) is 0.900. The number of aliphatic hydroxyl groups excluding tert-OH is 1. The van der Waals surface area contributed by atoms with E-state index in [2.05, 4.69) is 10.6 Å². The van der Waals surface area contributed by atoms with Crippen molar-refractivity contribution in [3.05, 3.63) is 0 Å². The van der Waals surface area contributed by atoms with E-state index in [1.165, 1.54) is 0 Å². The van der Waals surface area contributed by atoms with E-state index in [9.17, 15) is 9.90 Å². The molecule has 2 atom stereocenters. The Bertz CT molecular complexity index is 225. The van der Waals surface area contributed by atoms with Gasteiger partial charge >= 0.3 is 0 Å². The highest BCUT2D eigenvalue weighted by Crippen LogP contribution is 2.05. The molecule has 1 saturated heterocycles. The predicted octanol–water partition coefficient (Wildman–Crippen LogP) is -1.99. The largest absolute Gasteiger partial charge is 0.389 e. The van der Waals surface area contributed by atoms with Crippen molar-refractivity contribution >= 4 is 5.91 Å². The standard InChI is InChI=1S/C10H21N3O3/c1-11-10(15)9-5-12-3-4-13(9)6-8(14)7-16-2/h8-9,12,14H,3-7H2,1-2H3,(H,11,15). The molecule has 1 heterocycles. The number of ether oxygens (including phenoxy) is 1. The van der Waals surface area contributed by atoms with Crippen LogP contribution in [0.4, 0.5) is 0 Å². The summed E-state index contributed by atoms with van der Waals surface area (Å²) in [5.41, 5.74) is 0. The van der Waals surface area contributed by atoms with Crippen molar-refractivity contribution in [2.45, 2.75) is 12.1 Å². The summed E-state index contributed by atoms with van der Waals surface area (Å²) >= 11 is 0. The molecule has 1 aliphatic rings. The van der Waals surface area contributed by atoms with Gasteiger partial charge in [-0.2, -0.15) is 0 Å². The van der Waals surface area contributed by atoms with Crippen LogP contribution in [0.1, 0.15) is 0 Å². The molecule has 1 amide bonds. The summed E-state index contributed by atoms with van der Waals surface area (Å²) in [5.74, 6) is -0.0168. The van der Waals surface area contributed by atoms with Gasteiger partial charge in [-0.15, -0.1) is 0 Å². The van der Waals surface area contributed by atoms with Gasteiger partial charge in [0.1, 0.15) is 6.04 Å². The summed E-state index contributed by atoms with van der Waals surface area (Å²) in [4.78, 5) is 13.6. The van der Waals surface area contributed by atoms with Crippen molar-refractivity contribution in [2.75, 3.05) is 46.9 Å². The number of hydrogen-bond acceptors (Lipinski definition) is 5. The van der Waals surface area contributed by atoms with E-state index < -0.39 is 6.10 Å². The van der Waals surface area contributed by atoms with E-state index in [0.717, 1.165) is 13.1 Å². The van der Waals surface area contributed by atoms with Gasteiger partial charge in [-0.3, -0.25) is 9.69 Å². The molecule has 0 saturated carbocycles. The van der Waals surface area contributed by atoms with Gasteiger partial charge in [0.2, 0.25) is 5.91 Å². The first kappa shape index (κ1) is 13.4. The molecule has 94 valence electrons. The van der Waals surface area contributed by atoms with E-state index in [4.69, 9.17) is 4.74 Å². The molecule has 0 aromatic rings. The normalized spacial score (nSPS) is 24.1. The highest BCUT2D eigenvalue weighted by atomic mass is 16.5. The van der Waals surface area contributed by atoms with Crippen LogP contribution >= 0.6 is 0 Å². The fourth-order valence-electron chi connectivity index (χ4n) is 1.91. The Labute approximate surface area is 95.9 Å². The molecule has 2 unspecified atom stereocenters. The third-order valence-corrected chi connectivity index (χ3v) is 2.71. The first-order chi connectivity index (χ1) is 7.69. The molecule has 0 aliphatic carbocycles. The molecule has 1 aliphatic heterocycles. The van der Waals surface area contributed by atoms with Crippen molar-refractivity contribution < 1.29 is 14.6 Å². The monoisotopic (exact) mass is 231 g/mol. The van der Waals surface area contributed by atoms with E-state index in [1.807, 2.05) is 4.90 Å². The molecule has 6 nitrogen and oxygen atoms in total. The Morgan fingerprint density at radius 2 is 2.50 bits per heavy atom. The van der Waals surface area contributed by atoms with Crippen LogP contribution in [0.5, 0.6) is 0 Å². The van der Waals surface area contributed by atoms with Crippen molar-refractivity contribution in [3.8, 4) is 0 Å². The molecular formula is C10H21N3O3. The van der Waals surface area contributed by atoms with Gasteiger partial charge in [-0.05, 0) is 0 Å². The zero-order chi connectivity index (χ0) is 12.0. The molecule has 0 spiro atoms. The SMILES string of the molecule is CNC(=O)C1CNCCN1CC(O)COC. The lowest BCUT2D eigenvalue weighted by atomic mass is 10.1. The molecular weight excluding hydrogens is 210 g/mol. The summed E-state index contributed by atoms with van der Waals surface area (Å²) in [7, 11) is 3.18. The minimum absolute atomic E-state index is 0.0168. The number of piperazine rings is 1. The summed E-state index contributed by atoms with van der Waals surface area (Å²) in [6.45, 7) is 2.99. The van der Waals surface area contributed by atoms with Crippen molar-refractivity contribution in [2.24, 2.45) is 0 Å². The Balaban J connectivity index is 2.49. The number of carbonyl (C=O) groups is 1. The summed E-state index contributed by atoms with van der Waals surface area (Å²) in [6.07, 6.45) is -0.546. The Morgan fingerprint density at radius 3 is 3.12 bits per heavy atom. The summed E-state index contributed by atoms with van der Waals surface area (Å²) in [6, 6.07) is -0.203. The Kier molecular flexibility index (Phi) is 5.68. The van der Waals surface area contributed by atoms with E-state index in [1.54, 1.807) is 14.2 Å². The van der Waals surface area contributed by atoms with Gasteiger partial charge in [-0.25, -0.2) is 0 Å². The number of aliphatic hydroxyl groups is 1. The van der Waals surface area contributed by atoms with Gasteiger partial charge in [-0.1, -0.05) is 0 Å². The third-order valence-electron chi connectivity index (χ3n) is 2.71. The molecule has 1 fully saturated rings. The maximum atomic E-state index is 11.6. The quantitative estimate of drug-likeness (QED) is 0.511. The topological polar surface area (TPSA) is 73.8 Å². The Hall–Kier alpha value is -0.690. The number of carbonyl (C=O) groups excluding carboxylic acids is 1. The summed E-state index contributed by atoms with van der Waals surface area (Å²) in [5, 5.41) is 15.5. The zero-order valence-corrected chi connectivity index (χ0v) is 9.90. The van der Waals surface area contributed by atoms with E-state index >= 15 is 0 Å². The van der Waals surface area contributed by atoms with Crippen molar-refractivity contribution in [1.82, 2.24) is 15.5 Å². The third kappa shape index (κ3) is 3.71. The molecule has 0 aromatic carbocycles. The lowest BCUT2D eigenvalue weighted by molar-refractivity contribution is -0.127. The number of rotatable bonds is 5. The van der Waals surface area contributed by atoms with Crippen molar-refractivity contribution in [3.63, 3.8) is 0 Å². The summed E-state index contributed by atoms with van der Waals surface area (Å²) < 4.78 is 4.87. The van der Waals surface area contributed by atoms with Crippen LogP contribution in [0, 0.1) is 0 Å². The number of amides is 1. The minimum Gasteiger partial charge on any atom is -0.389 e. The maximum Gasteiger partial charge on any atom is 0.238 e. The second kappa shape index (κ2) is 6.80. The van der Waals surface area contributed by atoms with Gasteiger partial charge < -0.3 is 20.5 Å². The fourth-order valence-corrected chi connectivity index (χ4v) is 1.91. The highest BCUT2D eigenvalue weighted by Gasteiger charge is 2.28. The maximum absolute atomic E-state index is 11.6. The van der Waals surface area contributed by atoms with E-state index in [0.29, 0.717) is 19.7 Å². The van der Waals surface area contributed by atoms with Crippen LogP contribution in [0.25, 0.3) is 0 Å². The molecule has 1 rings (SSSR count). The average molecular weight is 231 g/mol. The van der Waals surface area contributed by atoms with E-state index in [-0.39, 0.29) is 11.9 Å². The number of hydrogen-bond donors (Lipinski definition) is 3. The molecule has 6 heteroatoms. The Morgan fingerprint density at radius 1 is 1.75 bits per heavy atom. The number of nitrogens with one attached hydrogen (secondary N) is 2. The van der Waals surface area contributed by atoms with Gasteiger partial charge in [0.25, 0.3) is 0 Å². The lowest BCUT2D eigenvalue weighted by Gasteiger charge is -2.35. The number of nitrogens with zero attached hydrogens (tertiary/aromatic N) is 1. The zero-order valence-electron chi connectivity index (χ0n) is 9.90. The van der Waals surface area contributed by atoms with Crippen LogP contribution in [0.2, 0.25) is 0 Å². The van der Waals surface area contributed by atoms with Gasteiger partial charge in [0.05, 0.1) is 12.7 Å². The second-order valence-electron chi connectivity index (χ2n) is 3.94. The molecule has 0 bridgehead atoms. The number of β-amino-alcohol motifs (C(OH)–C–C–N with tert-alkyl or cyclic N) is 1. The highest BCUT2D eigenvalue weighted by molar-refractivity contribution is 5.81. The van der Waals surface area contributed by atoms with Crippen molar-refractivity contribution in [1.29, 1.82) is 0 Å². The predicted molar refractivity (Wildman–Crippen MR) is 60.2 cm³/mol. The minimum atomic E-state index is -0.546. The van der Waals surface area contributed by atoms with Crippen LogP contribution in [-0.4, -0.2) is 75.0 Å². The van der Waals surface area contributed by atoms with Crippen LogP contribution in [0.3, 0.4) is 0 Å². The van der Waals surface area contributed by atoms with Crippen LogP contribution in [0.15, 0.2) is 0 Å². The lowest BCUT2D eigenvalue weighted by Crippen LogP contribution is -2.59. The van der Waals surface area contributed by atoms with Gasteiger partial charge in [0.15, 0.2) is 0 Å². The molecule has 16 heavy (non-hydrogen) atoms. The molecule has 3 N–H and O–H groups in total. The first-order valence-corrected chi connectivity index (χ1v) is 5.52. The average Bonchev–Trinajstić information content (AvgIpc) is 2.29. The second-order valence-corrected chi connectivity index (χ2v) is 3.94. The number of likely N-dealkylation sites (N-methyl/N-ethyl adjacent to an activating group) is 1. The molecule has 0 aromatic heterocycles. The molecule has 0 radical (unpaired) electrons. The van der Waals surface area contributed by atoms with Crippen LogP contribution < -0.4 is 10.6 Å². The van der Waals surface area contributed by atoms with Crippen LogP contribution in [-0.2, 0) is 9.53 Å². The first-order valence-electron chi connectivity index (χ1n) is 5.52. The number of methoxy groups -OCH3 is 1. The van der Waals surface area contributed by atoms with Gasteiger partial charge in [0, 0.05) is 40.3 Å².